The third-order valence-electron chi connectivity index (χ3n) is 3.09. The van der Waals surface area contributed by atoms with Gasteiger partial charge in [-0.15, -0.1) is 0 Å². The van der Waals surface area contributed by atoms with Crippen molar-refractivity contribution in [3.05, 3.63) is 28.2 Å². The van der Waals surface area contributed by atoms with Gasteiger partial charge in [-0.05, 0) is 53.5 Å². The molecule has 0 saturated heterocycles. The van der Waals surface area contributed by atoms with Gasteiger partial charge >= 0.3 is 0 Å². The summed E-state index contributed by atoms with van der Waals surface area (Å²) in [5.74, 6) is 0. The Hall–Kier alpha value is -0.430. The topological polar surface area (TPSA) is 58.2 Å². The van der Waals surface area contributed by atoms with Crippen molar-refractivity contribution in [2.24, 2.45) is 0 Å². The molecule has 6 heteroatoms. The van der Waals surface area contributed by atoms with Gasteiger partial charge in [-0.2, -0.15) is 0 Å². The monoisotopic (exact) mass is 332 g/mol. The first-order valence-electron chi connectivity index (χ1n) is 5.98. The first-order valence-corrected chi connectivity index (χ1v) is 8.26. The van der Waals surface area contributed by atoms with Crippen LogP contribution >= 0.6 is 15.9 Å². The van der Waals surface area contributed by atoms with Crippen molar-refractivity contribution in [3.8, 4) is 0 Å². The van der Waals surface area contributed by atoms with Gasteiger partial charge in [0.15, 0.2) is 0 Å². The molecule has 0 atom stereocenters. The van der Waals surface area contributed by atoms with E-state index in [9.17, 15) is 8.42 Å². The Bertz CT molecular complexity index is 527. The van der Waals surface area contributed by atoms with Crippen LogP contribution in [-0.4, -0.2) is 21.5 Å². The van der Waals surface area contributed by atoms with E-state index in [0.29, 0.717) is 9.37 Å². The third-order valence-corrected chi connectivity index (χ3v) is 5.59. The van der Waals surface area contributed by atoms with Crippen LogP contribution in [0.3, 0.4) is 0 Å². The van der Waals surface area contributed by atoms with Crippen LogP contribution in [0.2, 0.25) is 0 Å². The zero-order valence-electron chi connectivity index (χ0n) is 10.2. The lowest BCUT2D eigenvalue weighted by Crippen LogP contribution is -2.39. The first kappa shape index (κ1) is 14.0. The van der Waals surface area contributed by atoms with E-state index in [1.165, 1.54) is 0 Å². The normalized spacial score (nSPS) is 16.6. The highest BCUT2D eigenvalue weighted by Crippen LogP contribution is 2.26. The molecule has 0 aromatic heterocycles. The molecule has 1 aliphatic rings. The molecule has 0 spiro atoms. The van der Waals surface area contributed by atoms with E-state index in [1.807, 2.05) is 19.2 Å². The molecule has 2 N–H and O–H groups in total. The molecule has 4 nitrogen and oxygen atoms in total. The Balaban J connectivity index is 2.21. The molecule has 1 aromatic carbocycles. The Labute approximate surface area is 116 Å². The van der Waals surface area contributed by atoms with Crippen molar-refractivity contribution < 1.29 is 8.42 Å². The van der Waals surface area contributed by atoms with Crippen molar-refractivity contribution in [1.82, 2.24) is 10.0 Å². The zero-order chi connectivity index (χ0) is 13.2. The van der Waals surface area contributed by atoms with Gasteiger partial charge in [-0.1, -0.05) is 12.5 Å². The molecule has 18 heavy (non-hydrogen) atoms. The molecule has 0 radical (unpaired) electrons. The molecule has 0 heterocycles. The molecule has 1 saturated carbocycles. The second-order valence-electron chi connectivity index (χ2n) is 4.54. The summed E-state index contributed by atoms with van der Waals surface area (Å²) in [6, 6.07) is 5.43. The van der Waals surface area contributed by atoms with Gasteiger partial charge in [-0.3, -0.25) is 0 Å². The summed E-state index contributed by atoms with van der Waals surface area (Å²) in [6.45, 7) is 0.717. The number of nitrogens with one attached hydrogen (secondary N) is 2. The smallest absolute Gasteiger partial charge is 0.241 e. The van der Waals surface area contributed by atoms with E-state index in [-0.39, 0.29) is 6.04 Å². The average Bonchev–Trinajstić information content (AvgIpc) is 2.24. The highest BCUT2D eigenvalue weighted by Gasteiger charge is 2.26. The molecule has 1 aliphatic carbocycles. The summed E-state index contributed by atoms with van der Waals surface area (Å²) in [5, 5.41) is 3.03. The molecule has 0 bridgehead atoms. The molecule has 1 aromatic rings. The van der Waals surface area contributed by atoms with Gasteiger partial charge in [-0.25, -0.2) is 13.1 Å². The summed E-state index contributed by atoms with van der Waals surface area (Å²) in [6.07, 6.45) is 2.98. The zero-order valence-corrected chi connectivity index (χ0v) is 12.6. The lowest BCUT2D eigenvalue weighted by Gasteiger charge is -2.26. The lowest BCUT2D eigenvalue weighted by molar-refractivity contribution is 0.383. The van der Waals surface area contributed by atoms with Gasteiger partial charge in [0.05, 0.1) is 4.90 Å². The maximum Gasteiger partial charge on any atom is 0.241 e. The van der Waals surface area contributed by atoms with Crippen LogP contribution in [0, 0.1) is 0 Å². The van der Waals surface area contributed by atoms with Crippen LogP contribution < -0.4 is 10.0 Å². The van der Waals surface area contributed by atoms with Crippen molar-refractivity contribution in [2.45, 2.75) is 36.7 Å². The largest absolute Gasteiger partial charge is 0.316 e. The Kier molecular flexibility index (Phi) is 4.42. The Morgan fingerprint density at radius 3 is 2.61 bits per heavy atom. The summed E-state index contributed by atoms with van der Waals surface area (Å²) in [7, 11) is -1.54. The molecular weight excluding hydrogens is 316 g/mol. The van der Waals surface area contributed by atoms with Gasteiger partial charge in [0.1, 0.15) is 0 Å². The van der Waals surface area contributed by atoms with Crippen LogP contribution in [0.15, 0.2) is 27.6 Å². The number of sulfonamides is 1. The minimum absolute atomic E-state index is 0.110. The molecule has 100 valence electrons. The van der Waals surface area contributed by atoms with Crippen molar-refractivity contribution in [2.75, 3.05) is 7.05 Å². The van der Waals surface area contributed by atoms with Crippen LogP contribution in [0.5, 0.6) is 0 Å². The van der Waals surface area contributed by atoms with Gasteiger partial charge in [0.2, 0.25) is 10.0 Å². The van der Waals surface area contributed by atoms with E-state index in [4.69, 9.17) is 0 Å². The second kappa shape index (κ2) is 5.69. The number of halogens is 1. The predicted molar refractivity (Wildman–Crippen MR) is 74.9 cm³/mol. The van der Waals surface area contributed by atoms with Crippen LogP contribution in [0.1, 0.15) is 24.8 Å². The maximum atomic E-state index is 12.2. The van der Waals surface area contributed by atoms with Gasteiger partial charge < -0.3 is 5.32 Å². The standard InChI is InChI=1S/C12H17BrN2O2S/c1-14-8-9-5-6-12(11(13)7-9)18(16,17)15-10-3-2-4-10/h5-7,10,14-15H,2-4,8H2,1H3. The Morgan fingerprint density at radius 2 is 2.11 bits per heavy atom. The summed E-state index contributed by atoms with van der Waals surface area (Å²) >= 11 is 3.34. The number of benzene rings is 1. The summed E-state index contributed by atoms with van der Waals surface area (Å²) in [4.78, 5) is 0.314. The SMILES string of the molecule is CNCc1ccc(S(=O)(=O)NC2CCC2)c(Br)c1. The van der Waals surface area contributed by atoms with Crippen LogP contribution in [0.4, 0.5) is 0 Å². The Morgan fingerprint density at radius 1 is 1.39 bits per heavy atom. The highest BCUT2D eigenvalue weighted by molar-refractivity contribution is 9.10. The van der Waals surface area contributed by atoms with E-state index >= 15 is 0 Å². The minimum Gasteiger partial charge on any atom is -0.316 e. The van der Waals surface area contributed by atoms with Gasteiger partial charge in [0, 0.05) is 17.1 Å². The molecule has 0 aliphatic heterocycles. The highest BCUT2D eigenvalue weighted by atomic mass is 79.9. The molecule has 0 unspecified atom stereocenters. The average molecular weight is 333 g/mol. The van der Waals surface area contributed by atoms with Crippen molar-refractivity contribution in [3.63, 3.8) is 0 Å². The van der Waals surface area contributed by atoms with E-state index < -0.39 is 10.0 Å². The fraction of sp³-hybridized carbons (Fsp3) is 0.500. The van der Waals surface area contributed by atoms with Crippen molar-refractivity contribution >= 4 is 26.0 Å². The van der Waals surface area contributed by atoms with Crippen LogP contribution in [0.25, 0.3) is 0 Å². The van der Waals surface area contributed by atoms with Crippen molar-refractivity contribution in [1.29, 1.82) is 0 Å². The fourth-order valence-corrected chi connectivity index (χ4v) is 4.32. The third kappa shape index (κ3) is 3.12. The first-order chi connectivity index (χ1) is 8.53. The summed E-state index contributed by atoms with van der Waals surface area (Å²) in [5.41, 5.74) is 1.05. The fourth-order valence-electron chi connectivity index (χ4n) is 1.89. The lowest BCUT2D eigenvalue weighted by atomic mass is 9.94. The van der Waals surface area contributed by atoms with E-state index in [2.05, 4.69) is 26.0 Å². The second-order valence-corrected chi connectivity index (χ2v) is 7.08. The number of hydrogen-bond acceptors (Lipinski definition) is 3. The van der Waals surface area contributed by atoms with E-state index in [0.717, 1.165) is 31.4 Å². The molecular formula is C12H17BrN2O2S. The summed E-state index contributed by atoms with van der Waals surface area (Å²) < 4.78 is 27.7. The van der Waals surface area contributed by atoms with Crippen LogP contribution in [-0.2, 0) is 16.6 Å². The quantitative estimate of drug-likeness (QED) is 0.867. The maximum absolute atomic E-state index is 12.2. The predicted octanol–water partition coefficient (Wildman–Crippen LogP) is 2.00. The van der Waals surface area contributed by atoms with Gasteiger partial charge in [0.25, 0.3) is 0 Å². The number of rotatable bonds is 5. The molecule has 0 amide bonds. The number of hydrogen-bond donors (Lipinski definition) is 2. The van der Waals surface area contributed by atoms with E-state index in [1.54, 1.807) is 6.07 Å². The minimum atomic E-state index is -3.40. The molecule has 1 fully saturated rings. The molecule has 2 rings (SSSR count).